The van der Waals surface area contributed by atoms with Gasteiger partial charge in [0, 0.05) is 19.3 Å². The number of aryl methyl sites for hydroxylation is 2. The lowest BCUT2D eigenvalue weighted by Crippen LogP contribution is -2.23. The lowest BCUT2D eigenvalue weighted by atomic mass is 9.80. The second-order valence-electron chi connectivity index (χ2n) is 6.26. The predicted molar refractivity (Wildman–Crippen MR) is 88.7 cm³/mol. The molecular weight excluding hydrogens is 292 g/mol. The van der Waals surface area contributed by atoms with Crippen LogP contribution in [0, 0.1) is 0 Å². The molecule has 0 spiro atoms. The minimum absolute atomic E-state index is 0.0735. The van der Waals surface area contributed by atoms with E-state index in [1.165, 1.54) is 0 Å². The molecule has 2 rings (SSSR count). The molecule has 0 aliphatic carbocycles. The first-order valence-corrected chi connectivity index (χ1v) is 8.39. The van der Waals surface area contributed by atoms with Gasteiger partial charge in [0.2, 0.25) is 0 Å². The average molecular weight is 318 g/mol. The molecule has 126 valence electrons. The standard InChI is InChI=1S/C19H26O4/c1-4-6-14-8-10-16(22-14)19(3,13-12-18(20)21)17-11-9-15(23-17)7-5-2/h8-11H,4-7,12-13H2,1-3H3,(H,20,21). The normalized spacial score (nSPS) is 11.8. The summed E-state index contributed by atoms with van der Waals surface area (Å²) in [5, 5.41) is 9.09. The smallest absolute Gasteiger partial charge is 0.303 e. The Morgan fingerprint density at radius 2 is 1.48 bits per heavy atom. The predicted octanol–water partition coefficient (Wildman–Crippen LogP) is 4.95. The Morgan fingerprint density at radius 3 is 1.87 bits per heavy atom. The Kier molecular flexibility index (Phi) is 5.69. The first kappa shape index (κ1) is 17.4. The highest BCUT2D eigenvalue weighted by Gasteiger charge is 2.36. The van der Waals surface area contributed by atoms with Crippen LogP contribution in [0.25, 0.3) is 0 Å². The van der Waals surface area contributed by atoms with Gasteiger partial charge in [-0.25, -0.2) is 0 Å². The fourth-order valence-electron chi connectivity index (χ4n) is 2.84. The van der Waals surface area contributed by atoms with Gasteiger partial charge in [0.05, 0.1) is 5.41 Å². The number of aliphatic carboxylic acids is 1. The maximum absolute atomic E-state index is 11.1. The van der Waals surface area contributed by atoms with Crippen LogP contribution in [0.5, 0.6) is 0 Å². The summed E-state index contributed by atoms with van der Waals surface area (Å²) in [7, 11) is 0. The zero-order chi connectivity index (χ0) is 16.9. The van der Waals surface area contributed by atoms with Gasteiger partial charge < -0.3 is 13.9 Å². The molecule has 0 saturated heterocycles. The summed E-state index contributed by atoms with van der Waals surface area (Å²) in [6, 6.07) is 7.87. The van der Waals surface area contributed by atoms with Crippen LogP contribution in [0.3, 0.4) is 0 Å². The highest BCUT2D eigenvalue weighted by molar-refractivity contribution is 5.67. The van der Waals surface area contributed by atoms with Crippen molar-refractivity contribution in [2.45, 2.75) is 64.7 Å². The minimum atomic E-state index is -0.808. The van der Waals surface area contributed by atoms with Crippen molar-refractivity contribution < 1.29 is 18.7 Å². The summed E-state index contributed by atoms with van der Waals surface area (Å²) in [6.45, 7) is 6.21. The Bertz CT molecular complexity index is 591. The number of carbonyl (C=O) groups is 1. The van der Waals surface area contributed by atoms with E-state index in [4.69, 9.17) is 13.9 Å². The summed E-state index contributed by atoms with van der Waals surface area (Å²) < 4.78 is 12.0. The summed E-state index contributed by atoms with van der Waals surface area (Å²) in [6.07, 6.45) is 4.31. The van der Waals surface area contributed by atoms with Crippen LogP contribution in [0.2, 0.25) is 0 Å². The van der Waals surface area contributed by atoms with Crippen LogP contribution in [0.4, 0.5) is 0 Å². The molecule has 4 heteroatoms. The van der Waals surface area contributed by atoms with Crippen molar-refractivity contribution in [3.05, 3.63) is 47.3 Å². The third-order valence-corrected chi connectivity index (χ3v) is 4.24. The Balaban J connectivity index is 2.34. The number of rotatable bonds is 9. The molecule has 0 aromatic carbocycles. The van der Waals surface area contributed by atoms with Crippen molar-refractivity contribution in [3.63, 3.8) is 0 Å². The number of hydrogen-bond donors (Lipinski definition) is 1. The van der Waals surface area contributed by atoms with E-state index in [-0.39, 0.29) is 6.42 Å². The largest absolute Gasteiger partial charge is 0.481 e. The van der Waals surface area contributed by atoms with E-state index in [0.29, 0.717) is 6.42 Å². The van der Waals surface area contributed by atoms with Gasteiger partial charge in [0.15, 0.2) is 0 Å². The zero-order valence-corrected chi connectivity index (χ0v) is 14.2. The van der Waals surface area contributed by atoms with Gasteiger partial charge in [-0.1, -0.05) is 13.8 Å². The minimum Gasteiger partial charge on any atom is -0.481 e. The molecule has 2 heterocycles. The summed E-state index contributed by atoms with van der Waals surface area (Å²) in [4.78, 5) is 11.1. The maximum Gasteiger partial charge on any atom is 0.303 e. The molecule has 2 aromatic heterocycles. The van der Waals surface area contributed by atoms with Crippen LogP contribution in [0.15, 0.2) is 33.1 Å². The first-order chi connectivity index (χ1) is 11.0. The van der Waals surface area contributed by atoms with Crippen molar-refractivity contribution in [1.29, 1.82) is 0 Å². The highest BCUT2D eigenvalue weighted by atomic mass is 16.4. The molecule has 0 aliphatic rings. The number of hydrogen-bond acceptors (Lipinski definition) is 3. The lowest BCUT2D eigenvalue weighted by Gasteiger charge is -2.24. The van der Waals surface area contributed by atoms with E-state index in [2.05, 4.69) is 13.8 Å². The van der Waals surface area contributed by atoms with E-state index in [1.54, 1.807) is 0 Å². The van der Waals surface area contributed by atoms with Gasteiger partial charge in [0.1, 0.15) is 23.0 Å². The van der Waals surface area contributed by atoms with Crippen LogP contribution in [-0.4, -0.2) is 11.1 Å². The van der Waals surface area contributed by atoms with Gasteiger partial charge in [0.25, 0.3) is 0 Å². The lowest BCUT2D eigenvalue weighted by molar-refractivity contribution is -0.137. The SMILES string of the molecule is CCCc1ccc(C(C)(CCC(=O)O)c2ccc(CCC)o2)o1. The molecule has 0 aliphatic heterocycles. The van der Waals surface area contributed by atoms with Crippen LogP contribution < -0.4 is 0 Å². The van der Waals surface area contributed by atoms with Gasteiger partial charge in [-0.2, -0.15) is 0 Å². The molecule has 4 nitrogen and oxygen atoms in total. The third kappa shape index (κ3) is 4.06. The molecule has 0 fully saturated rings. The summed E-state index contributed by atoms with van der Waals surface area (Å²) in [5.41, 5.74) is -0.559. The topological polar surface area (TPSA) is 63.6 Å². The van der Waals surface area contributed by atoms with Crippen LogP contribution >= 0.6 is 0 Å². The summed E-state index contributed by atoms with van der Waals surface area (Å²) >= 11 is 0. The van der Waals surface area contributed by atoms with Crippen molar-refractivity contribution in [2.24, 2.45) is 0 Å². The van der Waals surface area contributed by atoms with Gasteiger partial charge in [-0.3, -0.25) is 4.79 Å². The molecule has 23 heavy (non-hydrogen) atoms. The molecule has 0 amide bonds. The van der Waals surface area contributed by atoms with Gasteiger partial charge in [-0.15, -0.1) is 0 Å². The molecule has 0 radical (unpaired) electrons. The van der Waals surface area contributed by atoms with Gasteiger partial charge >= 0.3 is 5.97 Å². The molecule has 0 saturated carbocycles. The zero-order valence-electron chi connectivity index (χ0n) is 14.2. The summed E-state index contributed by atoms with van der Waals surface area (Å²) in [5.74, 6) is 2.62. The van der Waals surface area contributed by atoms with E-state index in [9.17, 15) is 4.79 Å². The molecule has 2 aromatic rings. The van der Waals surface area contributed by atoms with E-state index in [0.717, 1.165) is 48.7 Å². The van der Waals surface area contributed by atoms with E-state index < -0.39 is 11.4 Å². The van der Waals surface area contributed by atoms with Gasteiger partial charge in [-0.05, 0) is 50.5 Å². The average Bonchev–Trinajstić information content (AvgIpc) is 3.15. The monoisotopic (exact) mass is 318 g/mol. The fraction of sp³-hybridized carbons (Fsp3) is 0.526. The molecule has 0 bridgehead atoms. The molecule has 0 unspecified atom stereocenters. The van der Waals surface area contributed by atoms with Crippen molar-refractivity contribution >= 4 is 5.97 Å². The Hall–Kier alpha value is -1.97. The fourth-order valence-corrected chi connectivity index (χ4v) is 2.84. The second kappa shape index (κ2) is 7.53. The molecule has 1 N–H and O–H groups in total. The first-order valence-electron chi connectivity index (χ1n) is 8.39. The van der Waals surface area contributed by atoms with Crippen molar-refractivity contribution in [3.8, 4) is 0 Å². The highest BCUT2D eigenvalue weighted by Crippen LogP contribution is 2.38. The third-order valence-electron chi connectivity index (χ3n) is 4.24. The maximum atomic E-state index is 11.1. The quantitative estimate of drug-likeness (QED) is 0.710. The van der Waals surface area contributed by atoms with E-state index in [1.807, 2.05) is 31.2 Å². The Labute approximate surface area is 137 Å². The van der Waals surface area contributed by atoms with Crippen molar-refractivity contribution in [1.82, 2.24) is 0 Å². The molecular formula is C19H26O4. The second-order valence-corrected chi connectivity index (χ2v) is 6.26. The number of furan rings is 2. The van der Waals surface area contributed by atoms with Crippen LogP contribution in [-0.2, 0) is 23.1 Å². The van der Waals surface area contributed by atoms with E-state index >= 15 is 0 Å². The van der Waals surface area contributed by atoms with Crippen molar-refractivity contribution in [2.75, 3.05) is 0 Å². The number of carboxylic acid groups (broad SMARTS) is 1. The van der Waals surface area contributed by atoms with Crippen LogP contribution in [0.1, 0.15) is 69.5 Å². The number of carboxylic acids is 1. The molecule has 0 atom stereocenters. The Morgan fingerprint density at radius 1 is 1.00 bits per heavy atom.